The fraction of sp³-hybridized carbons (Fsp3) is 0.167. The molecule has 0 heterocycles. The summed E-state index contributed by atoms with van der Waals surface area (Å²) in [5, 5.41) is 10.3. The van der Waals surface area contributed by atoms with Gasteiger partial charge in [0.1, 0.15) is 6.61 Å². The SMILES string of the molecule is C=C(CC(=O)OCc1ccccc1)C(=O)[O-]. The summed E-state index contributed by atoms with van der Waals surface area (Å²) in [5.74, 6) is -2.06. The van der Waals surface area contributed by atoms with Crippen molar-refractivity contribution in [3.05, 3.63) is 48.0 Å². The third-order valence-electron chi connectivity index (χ3n) is 1.89. The van der Waals surface area contributed by atoms with Gasteiger partial charge in [0, 0.05) is 0 Å². The fourth-order valence-corrected chi connectivity index (χ4v) is 1.04. The molecule has 0 saturated heterocycles. The van der Waals surface area contributed by atoms with Gasteiger partial charge >= 0.3 is 5.97 Å². The van der Waals surface area contributed by atoms with E-state index in [0.717, 1.165) is 5.56 Å². The largest absolute Gasteiger partial charge is 0.545 e. The van der Waals surface area contributed by atoms with Crippen molar-refractivity contribution in [2.75, 3.05) is 0 Å². The van der Waals surface area contributed by atoms with Crippen LogP contribution in [0.5, 0.6) is 0 Å². The summed E-state index contributed by atoms with van der Waals surface area (Å²) in [7, 11) is 0. The minimum Gasteiger partial charge on any atom is -0.545 e. The monoisotopic (exact) mass is 219 g/mol. The average Bonchev–Trinajstić information content (AvgIpc) is 2.27. The van der Waals surface area contributed by atoms with Gasteiger partial charge in [-0.1, -0.05) is 36.9 Å². The van der Waals surface area contributed by atoms with Gasteiger partial charge in [0.15, 0.2) is 0 Å². The van der Waals surface area contributed by atoms with Gasteiger partial charge in [-0.05, 0) is 11.1 Å². The zero-order valence-corrected chi connectivity index (χ0v) is 8.64. The molecule has 0 amide bonds. The van der Waals surface area contributed by atoms with Crippen LogP contribution < -0.4 is 5.11 Å². The van der Waals surface area contributed by atoms with Crippen molar-refractivity contribution in [3.63, 3.8) is 0 Å². The molecule has 1 aromatic carbocycles. The number of ether oxygens (including phenoxy) is 1. The topological polar surface area (TPSA) is 66.4 Å². The van der Waals surface area contributed by atoms with Crippen LogP contribution in [0.3, 0.4) is 0 Å². The van der Waals surface area contributed by atoms with Crippen molar-refractivity contribution in [2.45, 2.75) is 13.0 Å². The molecule has 0 radical (unpaired) electrons. The Bertz CT molecular complexity index is 395. The Morgan fingerprint density at radius 3 is 2.44 bits per heavy atom. The van der Waals surface area contributed by atoms with E-state index >= 15 is 0 Å². The lowest BCUT2D eigenvalue weighted by Crippen LogP contribution is -2.25. The molecule has 0 aromatic heterocycles. The summed E-state index contributed by atoms with van der Waals surface area (Å²) < 4.78 is 4.86. The molecular weight excluding hydrogens is 208 g/mol. The molecule has 0 unspecified atom stereocenters. The molecule has 1 aromatic rings. The summed E-state index contributed by atoms with van der Waals surface area (Å²) in [6.07, 6.45) is -0.352. The Hall–Kier alpha value is -2.10. The molecule has 1 rings (SSSR count). The molecule has 0 bridgehead atoms. The smallest absolute Gasteiger partial charge is 0.310 e. The highest BCUT2D eigenvalue weighted by molar-refractivity contribution is 5.90. The van der Waals surface area contributed by atoms with Gasteiger partial charge in [0.2, 0.25) is 0 Å². The number of carboxylic acid groups (broad SMARTS) is 1. The lowest BCUT2D eigenvalue weighted by molar-refractivity contribution is -0.299. The van der Waals surface area contributed by atoms with E-state index in [1.807, 2.05) is 18.2 Å². The average molecular weight is 219 g/mol. The van der Waals surface area contributed by atoms with Gasteiger partial charge < -0.3 is 14.6 Å². The van der Waals surface area contributed by atoms with Crippen LogP contribution in [0.2, 0.25) is 0 Å². The molecular formula is C12H11O4-. The minimum absolute atomic E-state index is 0.125. The normalized spacial score (nSPS) is 9.50. The summed E-state index contributed by atoms with van der Waals surface area (Å²) in [6, 6.07) is 9.11. The number of hydrogen-bond acceptors (Lipinski definition) is 4. The van der Waals surface area contributed by atoms with E-state index in [4.69, 9.17) is 4.74 Å². The van der Waals surface area contributed by atoms with E-state index in [2.05, 4.69) is 6.58 Å². The van der Waals surface area contributed by atoms with E-state index in [1.54, 1.807) is 12.1 Å². The first-order chi connectivity index (χ1) is 7.59. The predicted octanol–water partition coefficient (Wildman–Crippen LogP) is 0.426. The highest BCUT2D eigenvalue weighted by atomic mass is 16.5. The molecule has 0 saturated carbocycles. The highest BCUT2D eigenvalue weighted by Crippen LogP contribution is 2.04. The van der Waals surface area contributed by atoms with Crippen LogP contribution >= 0.6 is 0 Å². The maximum atomic E-state index is 11.2. The summed E-state index contributed by atoms with van der Waals surface area (Å²) >= 11 is 0. The quantitative estimate of drug-likeness (QED) is 0.532. The van der Waals surface area contributed by atoms with Crippen molar-refractivity contribution in [1.82, 2.24) is 0 Å². The van der Waals surface area contributed by atoms with Crippen LogP contribution in [-0.2, 0) is 20.9 Å². The van der Waals surface area contributed by atoms with E-state index in [-0.39, 0.29) is 18.6 Å². The molecule has 0 fully saturated rings. The molecule has 4 heteroatoms. The van der Waals surface area contributed by atoms with Crippen molar-refractivity contribution in [2.24, 2.45) is 0 Å². The van der Waals surface area contributed by atoms with Crippen LogP contribution in [0.15, 0.2) is 42.5 Å². The standard InChI is InChI=1S/C12H12O4/c1-9(12(14)15)7-11(13)16-8-10-5-3-2-4-6-10/h2-6H,1,7-8H2,(H,14,15)/p-1. The maximum absolute atomic E-state index is 11.2. The third-order valence-corrected chi connectivity index (χ3v) is 1.89. The Morgan fingerprint density at radius 2 is 1.88 bits per heavy atom. The summed E-state index contributed by atoms with van der Waals surface area (Å²) in [5.41, 5.74) is 0.563. The van der Waals surface area contributed by atoms with Crippen LogP contribution in [-0.4, -0.2) is 11.9 Å². The van der Waals surface area contributed by atoms with Gasteiger partial charge in [0.05, 0.1) is 12.4 Å². The fourth-order valence-electron chi connectivity index (χ4n) is 1.04. The molecule has 16 heavy (non-hydrogen) atoms. The number of carboxylic acids is 1. The zero-order valence-electron chi connectivity index (χ0n) is 8.64. The molecule has 0 aliphatic carbocycles. The molecule has 4 nitrogen and oxygen atoms in total. The maximum Gasteiger partial charge on any atom is 0.310 e. The molecule has 0 spiro atoms. The van der Waals surface area contributed by atoms with Gasteiger partial charge in [-0.2, -0.15) is 0 Å². The van der Waals surface area contributed by atoms with E-state index in [9.17, 15) is 14.7 Å². The summed E-state index contributed by atoms with van der Waals surface area (Å²) in [6.45, 7) is 3.31. The number of carbonyl (C=O) groups is 2. The van der Waals surface area contributed by atoms with Crippen LogP contribution in [0, 0.1) is 0 Å². The second-order valence-electron chi connectivity index (χ2n) is 3.21. The number of esters is 1. The number of aliphatic carboxylic acids is 1. The number of carbonyl (C=O) groups excluding carboxylic acids is 2. The molecule has 84 valence electrons. The predicted molar refractivity (Wildman–Crippen MR) is 55.0 cm³/mol. The van der Waals surface area contributed by atoms with Crippen molar-refractivity contribution in [1.29, 1.82) is 0 Å². The first-order valence-corrected chi connectivity index (χ1v) is 4.68. The van der Waals surface area contributed by atoms with Gasteiger partial charge in [0.25, 0.3) is 0 Å². The Morgan fingerprint density at radius 1 is 1.25 bits per heavy atom. The minimum atomic E-state index is -1.43. The first-order valence-electron chi connectivity index (χ1n) is 4.68. The first kappa shape index (κ1) is 12.0. The Balaban J connectivity index is 2.36. The van der Waals surface area contributed by atoms with Gasteiger partial charge in [-0.25, -0.2) is 0 Å². The van der Waals surface area contributed by atoms with Crippen molar-refractivity contribution >= 4 is 11.9 Å². The third kappa shape index (κ3) is 3.96. The summed E-state index contributed by atoms with van der Waals surface area (Å²) in [4.78, 5) is 21.4. The van der Waals surface area contributed by atoms with Crippen LogP contribution in [0.1, 0.15) is 12.0 Å². The Kier molecular flexibility index (Phi) is 4.27. The molecule has 0 aliphatic heterocycles. The van der Waals surface area contributed by atoms with E-state index in [0.29, 0.717) is 0 Å². The molecule has 0 N–H and O–H groups in total. The second kappa shape index (κ2) is 5.70. The lowest BCUT2D eigenvalue weighted by atomic mass is 10.2. The van der Waals surface area contributed by atoms with Gasteiger partial charge in [-0.3, -0.25) is 4.79 Å². The molecule has 0 aliphatic rings. The van der Waals surface area contributed by atoms with Crippen molar-refractivity contribution < 1.29 is 19.4 Å². The van der Waals surface area contributed by atoms with Crippen LogP contribution in [0.4, 0.5) is 0 Å². The van der Waals surface area contributed by atoms with Crippen molar-refractivity contribution in [3.8, 4) is 0 Å². The van der Waals surface area contributed by atoms with Crippen LogP contribution in [0.25, 0.3) is 0 Å². The Labute approximate surface area is 93.2 Å². The zero-order chi connectivity index (χ0) is 12.0. The number of benzene rings is 1. The lowest BCUT2D eigenvalue weighted by Gasteiger charge is -2.07. The number of hydrogen-bond donors (Lipinski definition) is 0. The van der Waals surface area contributed by atoms with Gasteiger partial charge in [-0.15, -0.1) is 0 Å². The second-order valence-corrected chi connectivity index (χ2v) is 3.21. The number of rotatable bonds is 5. The van der Waals surface area contributed by atoms with E-state index in [1.165, 1.54) is 0 Å². The highest BCUT2D eigenvalue weighted by Gasteiger charge is 2.06. The molecule has 0 atom stereocenters. The van der Waals surface area contributed by atoms with E-state index < -0.39 is 11.9 Å².